The Morgan fingerprint density at radius 1 is 1.27 bits per heavy atom. The van der Waals surface area contributed by atoms with E-state index in [-0.39, 0.29) is 18.1 Å². The van der Waals surface area contributed by atoms with Gasteiger partial charge in [-0.2, -0.15) is 0 Å². The van der Waals surface area contributed by atoms with E-state index in [0.717, 1.165) is 32.6 Å². The molecule has 2 saturated heterocycles. The van der Waals surface area contributed by atoms with Crippen LogP contribution < -0.4 is 0 Å². The Morgan fingerprint density at radius 3 is 2.64 bits per heavy atom. The van der Waals surface area contributed by atoms with Crippen LogP contribution in [0.2, 0.25) is 5.02 Å². The van der Waals surface area contributed by atoms with Gasteiger partial charge in [0.25, 0.3) is 0 Å². The first-order valence-corrected chi connectivity index (χ1v) is 8.26. The standard InChI is InChI=1S/C17H22ClFN2O/c1-20-7-4-17(5-8-20)6-9-21(12-17)16(22)10-13-2-3-14(19)11-15(13)18/h2-3,11H,4-10,12H2,1H3. The molecule has 2 aliphatic heterocycles. The van der Waals surface area contributed by atoms with Crippen molar-refractivity contribution < 1.29 is 9.18 Å². The first kappa shape index (κ1) is 15.8. The molecule has 5 heteroatoms. The molecule has 0 bridgehead atoms. The van der Waals surface area contributed by atoms with E-state index >= 15 is 0 Å². The lowest BCUT2D eigenvalue weighted by Gasteiger charge is -2.37. The third-order valence-corrected chi connectivity index (χ3v) is 5.55. The van der Waals surface area contributed by atoms with Gasteiger partial charge in [-0.1, -0.05) is 17.7 Å². The van der Waals surface area contributed by atoms with E-state index in [2.05, 4.69) is 11.9 Å². The molecule has 0 aliphatic carbocycles. The highest BCUT2D eigenvalue weighted by molar-refractivity contribution is 6.31. The summed E-state index contributed by atoms with van der Waals surface area (Å²) in [6.07, 6.45) is 3.70. The molecule has 22 heavy (non-hydrogen) atoms. The molecule has 3 rings (SSSR count). The highest BCUT2D eigenvalue weighted by atomic mass is 35.5. The summed E-state index contributed by atoms with van der Waals surface area (Å²) in [5, 5.41) is 0.335. The molecule has 120 valence electrons. The number of nitrogens with zero attached hydrogens (tertiary/aromatic N) is 2. The van der Waals surface area contributed by atoms with Crippen LogP contribution in [0.25, 0.3) is 0 Å². The number of piperidine rings is 1. The van der Waals surface area contributed by atoms with Crippen molar-refractivity contribution in [3.8, 4) is 0 Å². The van der Waals surface area contributed by atoms with E-state index in [1.165, 1.54) is 25.0 Å². The van der Waals surface area contributed by atoms with Gasteiger partial charge in [0.15, 0.2) is 0 Å². The van der Waals surface area contributed by atoms with Crippen molar-refractivity contribution in [2.75, 3.05) is 33.2 Å². The Kier molecular flexibility index (Phi) is 4.42. The Hall–Kier alpha value is -1.13. The van der Waals surface area contributed by atoms with Gasteiger partial charge in [0.05, 0.1) is 6.42 Å². The molecule has 2 heterocycles. The number of benzene rings is 1. The smallest absolute Gasteiger partial charge is 0.227 e. The summed E-state index contributed by atoms with van der Waals surface area (Å²) in [5.41, 5.74) is 1.02. The molecule has 2 aliphatic rings. The summed E-state index contributed by atoms with van der Waals surface area (Å²) in [7, 11) is 2.15. The molecular weight excluding hydrogens is 303 g/mol. The Labute approximate surface area is 136 Å². The van der Waals surface area contributed by atoms with Crippen LogP contribution >= 0.6 is 11.6 Å². The Balaban J connectivity index is 1.62. The van der Waals surface area contributed by atoms with Crippen LogP contribution in [0.3, 0.4) is 0 Å². The number of hydrogen-bond acceptors (Lipinski definition) is 2. The lowest BCUT2D eigenvalue weighted by Crippen LogP contribution is -2.40. The van der Waals surface area contributed by atoms with Crippen molar-refractivity contribution in [3.63, 3.8) is 0 Å². The zero-order valence-electron chi connectivity index (χ0n) is 12.9. The van der Waals surface area contributed by atoms with Gasteiger partial charge in [0.2, 0.25) is 5.91 Å². The zero-order valence-corrected chi connectivity index (χ0v) is 13.7. The lowest BCUT2D eigenvalue weighted by molar-refractivity contribution is -0.130. The highest BCUT2D eigenvalue weighted by Gasteiger charge is 2.41. The predicted molar refractivity (Wildman–Crippen MR) is 85.5 cm³/mol. The number of likely N-dealkylation sites (tertiary alicyclic amines) is 2. The summed E-state index contributed by atoms with van der Waals surface area (Å²) in [6, 6.07) is 4.24. The summed E-state index contributed by atoms with van der Waals surface area (Å²) in [6.45, 7) is 3.93. The molecule has 1 aromatic rings. The molecule has 1 spiro atoms. The maximum absolute atomic E-state index is 13.1. The Morgan fingerprint density at radius 2 is 1.95 bits per heavy atom. The lowest BCUT2D eigenvalue weighted by atomic mass is 9.78. The van der Waals surface area contributed by atoms with E-state index in [4.69, 9.17) is 11.6 Å². The maximum Gasteiger partial charge on any atom is 0.227 e. The largest absolute Gasteiger partial charge is 0.342 e. The van der Waals surface area contributed by atoms with Crippen LogP contribution in [0.4, 0.5) is 4.39 Å². The molecule has 0 N–H and O–H groups in total. The highest BCUT2D eigenvalue weighted by Crippen LogP contribution is 2.40. The number of halogens is 2. The monoisotopic (exact) mass is 324 g/mol. The fourth-order valence-electron chi connectivity index (χ4n) is 3.59. The van der Waals surface area contributed by atoms with E-state index < -0.39 is 0 Å². The van der Waals surface area contributed by atoms with Crippen LogP contribution in [0.15, 0.2) is 18.2 Å². The molecule has 1 amide bonds. The minimum absolute atomic E-state index is 0.101. The second-order valence-corrected chi connectivity index (χ2v) is 7.19. The van der Waals surface area contributed by atoms with Gasteiger partial charge >= 0.3 is 0 Å². The van der Waals surface area contributed by atoms with Gasteiger partial charge in [-0.15, -0.1) is 0 Å². The first-order chi connectivity index (χ1) is 10.5. The number of hydrogen-bond donors (Lipinski definition) is 0. The van der Waals surface area contributed by atoms with Crippen LogP contribution in [0.1, 0.15) is 24.8 Å². The molecule has 3 nitrogen and oxygen atoms in total. The van der Waals surface area contributed by atoms with Crippen LogP contribution in [-0.2, 0) is 11.2 Å². The van der Waals surface area contributed by atoms with E-state index in [0.29, 0.717) is 16.0 Å². The summed E-state index contributed by atoms with van der Waals surface area (Å²) in [5.74, 6) is -0.267. The van der Waals surface area contributed by atoms with Gasteiger partial charge in [0, 0.05) is 18.1 Å². The quantitative estimate of drug-likeness (QED) is 0.835. The van der Waals surface area contributed by atoms with Gasteiger partial charge in [0.1, 0.15) is 5.82 Å². The molecular formula is C17H22ClFN2O. The van der Waals surface area contributed by atoms with Crippen molar-refractivity contribution in [2.45, 2.75) is 25.7 Å². The average molecular weight is 325 g/mol. The van der Waals surface area contributed by atoms with Gasteiger partial charge in [-0.05, 0) is 62.5 Å². The van der Waals surface area contributed by atoms with Crippen LogP contribution in [-0.4, -0.2) is 48.9 Å². The number of carbonyl (C=O) groups is 1. The number of rotatable bonds is 2. The second kappa shape index (κ2) is 6.17. The minimum atomic E-state index is -0.368. The summed E-state index contributed by atoms with van der Waals surface area (Å²) >= 11 is 6.02. The predicted octanol–water partition coefficient (Wildman–Crippen LogP) is 2.97. The van der Waals surface area contributed by atoms with Crippen molar-refractivity contribution in [1.82, 2.24) is 9.80 Å². The topological polar surface area (TPSA) is 23.6 Å². The molecule has 0 atom stereocenters. The summed E-state index contributed by atoms with van der Waals surface area (Å²) < 4.78 is 13.1. The molecule has 1 aromatic carbocycles. The number of amides is 1. The van der Waals surface area contributed by atoms with Gasteiger partial charge in [-0.3, -0.25) is 4.79 Å². The first-order valence-electron chi connectivity index (χ1n) is 7.88. The average Bonchev–Trinajstić information content (AvgIpc) is 2.90. The van der Waals surface area contributed by atoms with Crippen molar-refractivity contribution in [1.29, 1.82) is 0 Å². The van der Waals surface area contributed by atoms with Crippen molar-refractivity contribution >= 4 is 17.5 Å². The molecule has 0 radical (unpaired) electrons. The second-order valence-electron chi connectivity index (χ2n) is 6.78. The normalized spacial score (nSPS) is 21.5. The third-order valence-electron chi connectivity index (χ3n) is 5.20. The van der Waals surface area contributed by atoms with E-state index in [1.807, 2.05) is 4.90 Å². The van der Waals surface area contributed by atoms with Crippen molar-refractivity contribution in [3.05, 3.63) is 34.6 Å². The fourth-order valence-corrected chi connectivity index (χ4v) is 3.82. The zero-order chi connectivity index (χ0) is 15.7. The molecule has 2 fully saturated rings. The Bertz CT molecular complexity index is 570. The minimum Gasteiger partial charge on any atom is -0.342 e. The third kappa shape index (κ3) is 3.28. The number of carbonyl (C=O) groups excluding carboxylic acids is 1. The molecule has 0 saturated carbocycles. The fraction of sp³-hybridized carbons (Fsp3) is 0.588. The molecule has 0 unspecified atom stereocenters. The SMILES string of the molecule is CN1CCC2(CC1)CCN(C(=O)Cc1ccc(F)cc1Cl)C2. The van der Waals surface area contributed by atoms with Crippen LogP contribution in [0.5, 0.6) is 0 Å². The summed E-state index contributed by atoms with van der Waals surface area (Å²) in [4.78, 5) is 16.8. The van der Waals surface area contributed by atoms with Crippen molar-refractivity contribution in [2.24, 2.45) is 5.41 Å². The molecule has 0 aromatic heterocycles. The van der Waals surface area contributed by atoms with Crippen LogP contribution in [0, 0.1) is 11.2 Å². The van der Waals surface area contributed by atoms with E-state index in [1.54, 1.807) is 6.07 Å². The van der Waals surface area contributed by atoms with Gasteiger partial charge in [-0.25, -0.2) is 4.39 Å². The van der Waals surface area contributed by atoms with Gasteiger partial charge < -0.3 is 9.80 Å². The van der Waals surface area contributed by atoms with E-state index in [9.17, 15) is 9.18 Å². The maximum atomic E-state index is 13.1.